The van der Waals surface area contributed by atoms with Crippen LogP contribution in [0.15, 0.2) is 30.6 Å². The number of benzene rings is 1. The molecule has 110 valence electrons. The number of nitriles is 1. The van der Waals surface area contributed by atoms with E-state index < -0.39 is 11.7 Å². The molecule has 0 atom stereocenters. The Labute approximate surface area is 129 Å². The Hall–Kier alpha value is -1.64. The number of hydrogen-bond donors (Lipinski definition) is 0. The minimum Gasteiger partial charge on any atom is -0.352 e. The minimum atomic E-state index is -4.52. The SMILES string of the molecule is N#CCCn1cc(-c2cccc(Cl)c2Cl)c(C(F)(F)F)c1. The molecular weight excluding hydrogens is 324 g/mol. The fourth-order valence-corrected chi connectivity index (χ4v) is 2.37. The highest BCUT2D eigenvalue weighted by Gasteiger charge is 2.35. The third kappa shape index (κ3) is 3.34. The van der Waals surface area contributed by atoms with Crippen molar-refractivity contribution in [2.75, 3.05) is 0 Å². The van der Waals surface area contributed by atoms with Gasteiger partial charge in [-0.05, 0) is 6.07 Å². The molecule has 0 bridgehead atoms. The molecule has 2 nitrogen and oxygen atoms in total. The predicted octanol–water partition coefficient (Wildman–Crippen LogP) is 5.39. The molecule has 1 heterocycles. The van der Waals surface area contributed by atoms with Crippen molar-refractivity contribution < 1.29 is 13.2 Å². The molecule has 1 aromatic heterocycles. The van der Waals surface area contributed by atoms with Gasteiger partial charge in [0.1, 0.15) is 0 Å². The zero-order chi connectivity index (χ0) is 15.6. The van der Waals surface area contributed by atoms with Gasteiger partial charge in [-0.2, -0.15) is 18.4 Å². The van der Waals surface area contributed by atoms with E-state index in [1.165, 1.54) is 29.0 Å². The van der Waals surface area contributed by atoms with E-state index in [4.69, 9.17) is 28.5 Å². The minimum absolute atomic E-state index is 0.0482. The van der Waals surface area contributed by atoms with Crippen molar-refractivity contribution in [3.8, 4) is 17.2 Å². The molecule has 7 heteroatoms. The Morgan fingerprint density at radius 1 is 1.14 bits per heavy atom. The van der Waals surface area contributed by atoms with Crippen molar-refractivity contribution in [2.24, 2.45) is 0 Å². The monoisotopic (exact) mass is 332 g/mol. The average molecular weight is 333 g/mol. The van der Waals surface area contributed by atoms with Crippen LogP contribution in [-0.4, -0.2) is 4.57 Å². The standard InChI is InChI=1S/C14H9Cl2F3N2/c15-12-4-1-3-9(13(12)16)10-7-21(6-2-5-20)8-11(10)14(17,18)19/h1,3-4,7-8H,2,6H2. The second kappa shape index (κ2) is 6.00. The average Bonchev–Trinajstić information content (AvgIpc) is 2.83. The first-order valence-corrected chi connectivity index (χ1v) is 6.68. The lowest BCUT2D eigenvalue weighted by molar-refractivity contribution is -0.137. The normalized spacial score (nSPS) is 11.4. The van der Waals surface area contributed by atoms with Crippen LogP contribution >= 0.6 is 23.2 Å². The first-order valence-electron chi connectivity index (χ1n) is 5.93. The Morgan fingerprint density at radius 3 is 2.48 bits per heavy atom. The van der Waals surface area contributed by atoms with Gasteiger partial charge in [0.25, 0.3) is 0 Å². The molecule has 0 radical (unpaired) electrons. The molecule has 0 unspecified atom stereocenters. The van der Waals surface area contributed by atoms with Gasteiger partial charge in [0.15, 0.2) is 0 Å². The fraction of sp³-hybridized carbons (Fsp3) is 0.214. The summed E-state index contributed by atoms with van der Waals surface area (Å²) in [5.74, 6) is 0. The maximum Gasteiger partial charge on any atom is 0.418 e. The lowest BCUT2D eigenvalue weighted by Crippen LogP contribution is -2.05. The van der Waals surface area contributed by atoms with E-state index >= 15 is 0 Å². The molecule has 0 saturated carbocycles. The molecule has 0 fully saturated rings. The van der Waals surface area contributed by atoms with Gasteiger partial charge < -0.3 is 4.57 Å². The molecule has 0 spiro atoms. The van der Waals surface area contributed by atoms with Gasteiger partial charge in [-0.15, -0.1) is 0 Å². The lowest BCUT2D eigenvalue weighted by atomic mass is 10.0. The lowest BCUT2D eigenvalue weighted by Gasteiger charge is -2.09. The van der Waals surface area contributed by atoms with Crippen molar-refractivity contribution in [1.82, 2.24) is 4.57 Å². The van der Waals surface area contributed by atoms with Crippen LogP contribution in [0.4, 0.5) is 13.2 Å². The van der Waals surface area contributed by atoms with Crippen molar-refractivity contribution in [1.29, 1.82) is 5.26 Å². The van der Waals surface area contributed by atoms with Crippen molar-refractivity contribution in [3.63, 3.8) is 0 Å². The molecule has 0 aliphatic carbocycles. The maximum atomic E-state index is 13.1. The Morgan fingerprint density at radius 2 is 1.86 bits per heavy atom. The van der Waals surface area contributed by atoms with Gasteiger partial charge in [-0.1, -0.05) is 35.3 Å². The summed E-state index contributed by atoms with van der Waals surface area (Å²) in [4.78, 5) is 0. The van der Waals surface area contributed by atoms with E-state index in [1.54, 1.807) is 0 Å². The Bertz CT molecular complexity index is 699. The summed E-state index contributed by atoms with van der Waals surface area (Å²) in [6.07, 6.45) is -2.09. The van der Waals surface area contributed by atoms with Crippen LogP contribution in [0.5, 0.6) is 0 Å². The molecule has 1 aromatic carbocycles. The summed E-state index contributed by atoms with van der Waals surface area (Å²) >= 11 is 11.9. The van der Waals surface area contributed by atoms with Gasteiger partial charge in [-0.25, -0.2) is 0 Å². The number of halogens is 5. The molecule has 2 aromatic rings. The third-order valence-electron chi connectivity index (χ3n) is 2.91. The largest absolute Gasteiger partial charge is 0.418 e. The quantitative estimate of drug-likeness (QED) is 0.740. The van der Waals surface area contributed by atoms with Crippen LogP contribution in [-0.2, 0) is 12.7 Å². The number of alkyl halides is 3. The van der Waals surface area contributed by atoms with E-state index in [0.29, 0.717) is 0 Å². The van der Waals surface area contributed by atoms with Crippen LogP contribution in [0.25, 0.3) is 11.1 Å². The van der Waals surface area contributed by atoms with Crippen LogP contribution in [0.3, 0.4) is 0 Å². The highest BCUT2D eigenvalue weighted by Crippen LogP contribution is 2.41. The maximum absolute atomic E-state index is 13.1. The van der Waals surface area contributed by atoms with Gasteiger partial charge in [0.2, 0.25) is 0 Å². The van der Waals surface area contributed by atoms with Gasteiger partial charge in [0.05, 0.1) is 28.1 Å². The molecule has 0 amide bonds. The molecule has 0 aliphatic heterocycles. The highest BCUT2D eigenvalue weighted by molar-refractivity contribution is 6.43. The van der Waals surface area contributed by atoms with E-state index in [0.717, 1.165) is 6.20 Å². The summed E-state index contributed by atoms with van der Waals surface area (Å²) in [6, 6.07) is 6.42. The molecule has 0 aliphatic rings. The van der Waals surface area contributed by atoms with Crippen LogP contribution in [0.2, 0.25) is 10.0 Å². The van der Waals surface area contributed by atoms with Crippen molar-refractivity contribution in [3.05, 3.63) is 46.2 Å². The topological polar surface area (TPSA) is 28.7 Å². The zero-order valence-electron chi connectivity index (χ0n) is 10.6. The summed E-state index contributed by atoms with van der Waals surface area (Å²) in [7, 11) is 0. The van der Waals surface area contributed by atoms with E-state index in [2.05, 4.69) is 0 Å². The Kier molecular flexibility index (Phi) is 4.50. The highest BCUT2D eigenvalue weighted by atomic mass is 35.5. The smallest absolute Gasteiger partial charge is 0.352 e. The third-order valence-corrected chi connectivity index (χ3v) is 3.73. The van der Waals surface area contributed by atoms with E-state index in [1.807, 2.05) is 6.07 Å². The summed E-state index contributed by atoms with van der Waals surface area (Å²) in [5, 5.41) is 8.80. The van der Waals surface area contributed by atoms with Crippen LogP contribution < -0.4 is 0 Å². The van der Waals surface area contributed by atoms with E-state index in [9.17, 15) is 13.2 Å². The number of hydrogen-bond acceptors (Lipinski definition) is 1. The molecule has 0 N–H and O–H groups in total. The zero-order valence-corrected chi connectivity index (χ0v) is 12.1. The fourth-order valence-electron chi connectivity index (χ4n) is 1.97. The first-order chi connectivity index (χ1) is 9.84. The second-order valence-electron chi connectivity index (χ2n) is 4.33. The Balaban J connectivity index is 2.58. The van der Waals surface area contributed by atoms with Crippen LogP contribution in [0.1, 0.15) is 12.0 Å². The van der Waals surface area contributed by atoms with Gasteiger partial charge in [0, 0.05) is 30.1 Å². The summed E-state index contributed by atoms with van der Waals surface area (Å²) in [5.41, 5.74) is -0.634. The van der Waals surface area contributed by atoms with Gasteiger partial charge >= 0.3 is 6.18 Å². The van der Waals surface area contributed by atoms with Crippen molar-refractivity contribution >= 4 is 23.2 Å². The number of rotatable bonds is 3. The molecule has 21 heavy (non-hydrogen) atoms. The molecular formula is C14H9Cl2F3N2. The summed E-state index contributed by atoms with van der Waals surface area (Å²) < 4.78 is 40.8. The first kappa shape index (κ1) is 15.7. The predicted molar refractivity (Wildman–Crippen MR) is 75.1 cm³/mol. The second-order valence-corrected chi connectivity index (χ2v) is 5.12. The number of aryl methyl sites for hydroxylation is 1. The van der Waals surface area contributed by atoms with Gasteiger partial charge in [-0.3, -0.25) is 0 Å². The summed E-state index contributed by atoms with van der Waals surface area (Å²) in [6.45, 7) is 0.178. The van der Waals surface area contributed by atoms with Crippen LogP contribution in [0, 0.1) is 11.3 Å². The van der Waals surface area contributed by atoms with E-state index in [-0.39, 0.29) is 34.1 Å². The molecule has 0 saturated heterocycles. The molecule has 2 rings (SSSR count). The number of aromatic nitrogens is 1. The number of nitrogens with zero attached hydrogens (tertiary/aromatic N) is 2. The van der Waals surface area contributed by atoms with Crippen molar-refractivity contribution in [2.45, 2.75) is 19.1 Å².